The molecule has 1 saturated heterocycles. The number of hydrogen-bond donors (Lipinski definition) is 2. The molecule has 1 fully saturated rings. The van der Waals surface area contributed by atoms with Crippen LogP contribution in [-0.4, -0.2) is 25.5 Å². The Morgan fingerprint density at radius 3 is 2.33 bits per heavy atom. The van der Waals surface area contributed by atoms with Crippen molar-refractivity contribution in [1.82, 2.24) is 9.84 Å². The standard InChI is InChI=1S/C13H19Cl2N3O2S/c1-8-4-3-5-9(2)18(8)17-21(19,20)13-11(15)6-10(14)7-12(13)16/h6-9,17H,3-5,16H2,1-2H3. The molecule has 0 aromatic heterocycles. The predicted molar refractivity (Wildman–Crippen MR) is 85.8 cm³/mol. The summed E-state index contributed by atoms with van der Waals surface area (Å²) in [5.74, 6) is 0. The van der Waals surface area contributed by atoms with Gasteiger partial charge in [-0.1, -0.05) is 29.6 Å². The van der Waals surface area contributed by atoms with E-state index in [4.69, 9.17) is 28.9 Å². The zero-order chi connectivity index (χ0) is 15.8. The molecular formula is C13H19Cl2N3O2S. The van der Waals surface area contributed by atoms with Gasteiger partial charge < -0.3 is 5.73 Å². The molecule has 1 aromatic carbocycles. The Bertz CT molecular complexity index is 603. The Balaban J connectivity index is 2.35. The topological polar surface area (TPSA) is 75.4 Å². The zero-order valence-corrected chi connectivity index (χ0v) is 14.3. The van der Waals surface area contributed by atoms with Gasteiger partial charge in [-0.25, -0.2) is 13.4 Å². The smallest absolute Gasteiger partial charge is 0.257 e. The van der Waals surface area contributed by atoms with Crippen LogP contribution in [0.4, 0.5) is 5.69 Å². The van der Waals surface area contributed by atoms with Crippen molar-refractivity contribution in [2.45, 2.75) is 50.1 Å². The number of halogens is 2. The zero-order valence-electron chi connectivity index (χ0n) is 11.9. The first-order valence-corrected chi connectivity index (χ1v) is 9.01. The molecule has 5 nitrogen and oxygen atoms in total. The number of piperidine rings is 1. The van der Waals surface area contributed by atoms with Gasteiger partial charge in [-0.05, 0) is 38.8 Å². The van der Waals surface area contributed by atoms with Gasteiger partial charge >= 0.3 is 0 Å². The number of rotatable bonds is 3. The van der Waals surface area contributed by atoms with Crippen molar-refractivity contribution in [1.29, 1.82) is 0 Å². The summed E-state index contributed by atoms with van der Waals surface area (Å²) in [7, 11) is -3.84. The van der Waals surface area contributed by atoms with Gasteiger partial charge in [-0.2, -0.15) is 0 Å². The fourth-order valence-electron chi connectivity index (χ4n) is 2.65. The lowest BCUT2D eigenvalue weighted by molar-refractivity contribution is 0.0790. The maximum absolute atomic E-state index is 12.6. The number of nitrogens with zero attached hydrogens (tertiary/aromatic N) is 1. The highest BCUT2D eigenvalue weighted by Crippen LogP contribution is 2.32. The third-order valence-electron chi connectivity index (χ3n) is 3.72. The van der Waals surface area contributed by atoms with Crippen molar-refractivity contribution in [2.75, 3.05) is 5.73 Å². The summed E-state index contributed by atoms with van der Waals surface area (Å²) in [6, 6.07) is 2.99. The van der Waals surface area contributed by atoms with Crippen LogP contribution in [0, 0.1) is 0 Å². The molecule has 0 aliphatic carbocycles. The van der Waals surface area contributed by atoms with Crippen molar-refractivity contribution in [2.24, 2.45) is 0 Å². The number of nitrogens with two attached hydrogens (primary N) is 1. The molecule has 1 aliphatic rings. The van der Waals surface area contributed by atoms with Gasteiger partial charge in [-0.3, -0.25) is 0 Å². The van der Waals surface area contributed by atoms with Crippen molar-refractivity contribution in [3.05, 3.63) is 22.2 Å². The van der Waals surface area contributed by atoms with Crippen molar-refractivity contribution in [3.63, 3.8) is 0 Å². The van der Waals surface area contributed by atoms with Crippen LogP contribution in [0.1, 0.15) is 33.1 Å². The van der Waals surface area contributed by atoms with Crippen molar-refractivity contribution >= 4 is 38.9 Å². The minimum Gasteiger partial charge on any atom is -0.398 e. The molecule has 8 heteroatoms. The minimum absolute atomic E-state index is 0.0183. The van der Waals surface area contributed by atoms with E-state index in [1.165, 1.54) is 12.1 Å². The molecule has 1 aliphatic heterocycles. The number of sulfonamides is 1. The second kappa shape index (κ2) is 6.30. The molecule has 0 radical (unpaired) electrons. The number of nitrogens with one attached hydrogen (secondary N) is 1. The van der Waals surface area contributed by atoms with E-state index < -0.39 is 10.0 Å². The maximum atomic E-state index is 12.6. The Hall–Kier alpha value is -0.530. The van der Waals surface area contributed by atoms with Crippen LogP contribution >= 0.6 is 23.2 Å². The molecule has 118 valence electrons. The Kier molecular flexibility index (Phi) is 5.05. The third kappa shape index (κ3) is 3.63. The highest BCUT2D eigenvalue weighted by atomic mass is 35.5. The summed E-state index contributed by atoms with van der Waals surface area (Å²) in [4.78, 5) is 2.48. The van der Waals surface area contributed by atoms with E-state index >= 15 is 0 Å². The average molecular weight is 352 g/mol. The summed E-state index contributed by atoms with van der Waals surface area (Å²) in [6.45, 7) is 3.98. The third-order valence-corrected chi connectivity index (χ3v) is 5.80. The quantitative estimate of drug-likeness (QED) is 0.820. The number of nitrogen functional groups attached to an aromatic ring is 1. The molecule has 0 saturated carbocycles. The van der Waals surface area contributed by atoms with E-state index in [0.717, 1.165) is 19.3 Å². The molecule has 1 aromatic rings. The van der Waals surface area contributed by atoms with E-state index in [-0.39, 0.29) is 27.7 Å². The van der Waals surface area contributed by atoms with Gasteiger partial charge in [0.15, 0.2) is 0 Å². The van der Waals surface area contributed by atoms with Gasteiger partial charge in [0.25, 0.3) is 10.0 Å². The SMILES string of the molecule is CC1CCCC(C)N1NS(=O)(=O)c1c(N)cc(Cl)cc1Cl. The molecule has 0 amide bonds. The minimum atomic E-state index is -3.84. The molecule has 2 atom stereocenters. The molecule has 2 rings (SSSR count). The van der Waals surface area contributed by atoms with E-state index in [9.17, 15) is 8.42 Å². The second-order valence-corrected chi connectivity index (χ2v) is 7.88. The van der Waals surface area contributed by atoms with Crippen molar-refractivity contribution in [3.8, 4) is 0 Å². The molecule has 0 bridgehead atoms. The highest BCUT2D eigenvalue weighted by Gasteiger charge is 2.31. The lowest BCUT2D eigenvalue weighted by atomic mass is 10.0. The second-order valence-electron chi connectivity index (χ2n) is 5.44. The summed E-state index contributed by atoms with van der Waals surface area (Å²) in [5.41, 5.74) is 5.82. The highest BCUT2D eigenvalue weighted by molar-refractivity contribution is 7.89. The van der Waals surface area contributed by atoms with E-state index in [1.807, 2.05) is 13.8 Å². The van der Waals surface area contributed by atoms with E-state index in [1.54, 1.807) is 5.01 Å². The Morgan fingerprint density at radius 1 is 1.24 bits per heavy atom. The predicted octanol–water partition coefficient (Wildman–Crippen LogP) is 3.03. The Labute approximate surface area is 135 Å². The monoisotopic (exact) mass is 351 g/mol. The molecule has 1 heterocycles. The van der Waals surface area contributed by atoms with E-state index in [2.05, 4.69) is 4.83 Å². The molecule has 21 heavy (non-hydrogen) atoms. The number of anilines is 1. The normalized spacial score (nSPS) is 24.2. The van der Waals surface area contributed by atoms with Gasteiger partial charge in [0.1, 0.15) is 4.90 Å². The fourth-order valence-corrected chi connectivity index (χ4v) is 4.88. The summed E-state index contributed by atoms with van der Waals surface area (Å²) in [6.07, 6.45) is 2.97. The summed E-state index contributed by atoms with van der Waals surface area (Å²) in [5, 5.41) is 2.07. The van der Waals surface area contributed by atoms with Crippen LogP contribution in [0.5, 0.6) is 0 Å². The fraction of sp³-hybridized carbons (Fsp3) is 0.538. The first-order chi connectivity index (χ1) is 9.72. The maximum Gasteiger partial charge on any atom is 0.257 e. The van der Waals surface area contributed by atoms with Crippen LogP contribution in [0.3, 0.4) is 0 Å². The van der Waals surface area contributed by atoms with Crippen LogP contribution < -0.4 is 10.6 Å². The first-order valence-electron chi connectivity index (χ1n) is 6.77. The lowest BCUT2D eigenvalue weighted by Gasteiger charge is -2.38. The van der Waals surface area contributed by atoms with Gasteiger partial charge in [0.05, 0.1) is 10.7 Å². The largest absolute Gasteiger partial charge is 0.398 e. The summed E-state index contributed by atoms with van der Waals surface area (Å²) < 4.78 is 25.2. The lowest BCUT2D eigenvalue weighted by Crippen LogP contribution is -2.54. The molecule has 3 N–H and O–H groups in total. The van der Waals surface area contributed by atoms with Crippen LogP contribution in [0.2, 0.25) is 10.0 Å². The van der Waals surface area contributed by atoms with Gasteiger partial charge in [0.2, 0.25) is 0 Å². The number of hydrogen-bond acceptors (Lipinski definition) is 4. The van der Waals surface area contributed by atoms with Gasteiger partial charge in [-0.15, -0.1) is 4.83 Å². The number of benzene rings is 1. The van der Waals surface area contributed by atoms with E-state index in [0.29, 0.717) is 5.02 Å². The molecule has 0 spiro atoms. The Morgan fingerprint density at radius 2 is 1.81 bits per heavy atom. The molecular weight excluding hydrogens is 333 g/mol. The van der Waals surface area contributed by atoms with Crippen LogP contribution in [0.25, 0.3) is 0 Å². The van der Waals surface area contributed by atoms with Crippen molar-refractivity contribution < 1.29 is 8.42 Å². The first kappa shape index (κ1) is 16.8. The average Bonchev–Trinajstić information content (AvgIpc) is 2.32. The number of hydrazine groups is 1. The summed E-state index contributed by atoms with van der Waals surface area (Å²) >= 11 is 11.8. The molecule has 2 unspecified atom stereocenters. The van der Waals surface area contributed by atoms with Crippen LogP contribution in [-0.2, 0) is 10.0 Å². The van der Waals surface area contributed by atoms with Crippen LogP contribution in [0.15, 0.2) is 17.0 Å². The van der Waals surface area contributed by atoms with Gasteiger partial charge in [0, 0.05) is 17.1 Å².